The first kappa shape index (κ1) is 25.4. The summed E-state index contributed by atoms with van der Waals surface area (Å²) < 4.78 is 1.98. The van der Waals surface area contributed by atoms with Crippen molar-refractivity contribution < 1.29 is 0 Å². The van der Waals surface area contributed by atoms with Gasteiger partial charge in [-0.15, -0.1) is 0 Å². The molecule has 0 amide bonds. The number of halogens is 3. The van der Waals surface area contributed by atoms with E-state index in [-0.39, 0.29) is 0 Å². The van der Waals surface area contributed by atoms with E-state index in [1.165, 1.54) is 50.8 Å². The van der Waals surface area contributed by atoms with Crippen molar-refractivity contribution >= 4 is 34.8 Å². The van der Waals surface area contributed by atoms with Crippen LogP contribution in [-0.2, 0) is 6.54 Å². The van der Waals surface area contributed by atoms with Gasteiger partial charge in [-0.1, -0.05) is 46.9 Å². The Hall–Kier alpha value is -1.56. The van der Waals surface area contributed by atoms with Crippen LogP contribution in [0.2, 0.25) is 15.1 Å². The Labute approximate surface area is 240 Å². The summed E-state index contributed by atoms with van der Waals surface area (Å²) in [6, 6.07) is 14.4. The Kier molecular flexibility index (Phi) is 6.77. The van der Waals surface area contributed by atoms with Crippen LogP contribution in [0.4, 0.5) is 0 Å². The second-order valence-electron chi connectivity index (χ2n) is 12.2. The zero-order valence-corrected chi connectivity index (χ0v) is 24.2. The summed E-state index contributed by atoms with van der Waals surface area (Å²) in [5.74, 6) is 4.00. The Morgan fingerprint density at radius 1 is 0.789 bits per heavy atom. The van der Waals surface area contributed by atoms with Gasteiger partial charge in [0.15, 0.2) is 0 Å². The number of benzene rings is 2. The molecule has 0 atom stereocenters. The van der Waals surface area contributed by atoms with Crippen molar-refractivity contribution in [3.8, 4) is 16.9 Å². The Bertz CT molecular complexity index is 1300. The molecule has 0 spiro atoms. The molecule has 38 heavy (non-hydrogen) atoms. The molecule has 200 valence electrons. The van der Waals surface area contributed by atoms with Gasteiger partial charge in [-0.3, -0.25) is 9.80 Å². The molecule has 5 fully saturated rings. The number of piperazine rings is 1. The molecule has 2 aromatic carbocycles. The van der Waals surface area contributed by atoms with E-state index in [9.17, 15) is 0 Å². The molecule has 1 saturated heterocycles. The Morgan fingerprint density at radius 3 is 2.05 bits per heavy atom. The normalized spacial score (nSPS) is 29.3. The van der Waals surface area contributed by atoms with Gasteiger partial charge in [-0.2, -0.15) is 5.10 Å². The van der Waals surface area contributed by atoms with Gasteiger partial charge in [-0.05, 0) is 98.6 Å². The number of hydrogen-bond donors (Lipinski definition) is 0. The van der Waals surface area contributed by atoms with Crippen molar-refractivity contribution in [2.75, 3.05) is 26.2 Å². The fraction of sp³-hybridized carbons (Fsp3) is 0.516. The second-order valence-corrected chi connectivity index (χ2v) is 13.4. The molecular weight excluding hydrogens is 535 g/mol. The number of hydrogen-bond acceptors (Lipinski definition) is 3. The third-order valence-corrected chi connectivity index (χ3v) is 10.6. The molecule has 1 aliphatic heterocycles. The Balaban J connectivity index is 1.12. The predicted octanol–water partition coefficient (Wildman–Crippen LogP) is 7.75. The molecule has 4 aliphatic carbocycles. The molecule has 0 N–H and O–H groups in total. The molecule has 5 aliphatic rings. The van der Waals surface area contributed by atoms with Crippen LogP contribution in [0.5, 0.6) is 0 Å². The van der Waals surface area contributed by atoms with E-state index in [1.54, 1.807) is 6.07 Å². The third kappa shape index (κ3) is 4.61. The molecule has 3 aromatic rings. The van der Waals surface area contributed by atoms with Gasteiger partial charge in [-0.25, -0.2) is 4.68 Å². The summed E-state index contributed by atoms with van der Waals surface area (Å²) in [7, 11) is 0. The largest absolute Gasteiger partial charge is 0.297 e. The summed E-state index contributed by atoms with van der Waals surface area (Å²) >= 11 is 19.1. The molecule has 4 nitrogen and oxygen atoms in total. The Morgan fingerprint density at radius 2 is 1.42 bits per heavy atom. The van der Waals surface area contributed by atoms with E-state index in [0.717, 1.165) is 77.0 Å². The maximum Gasteiger partial charge on any atom is 0.0840 e. The van der Waals surface area contributed by atoms with E-state index < -0.39 is 0 Å². The fourth-order valence-electron chi connectivity index (χ4n) is 8.39. The van der Waals surface area contributed by atoms with Crippen LogP contribution in [0.1, 0.15) is 43.4 Å². The zero-order chi connectivity index (χ0) is 26.0. The van der Waals surface area contributed by atoms with Crippen molar-refractivity contribution in [1.82, 2.24) is 19.6 Å². The highest BCUT2D eigenvalue weighted by Crippen LogP contribution is 2.55. The molecule has 7 heteroatoms. The van der Waals surface area contributed by atoms with Crippen LogP contribution in [0.3, 0.4) is 0 Å². The summed E-state index contributed by atoms with van der Waals surface area (Å²) in [5.41, 5.74) is 5.24. The first-order chi connectivity index (χ1) is 18.4. The molecule has 0 radical (unpaired) electrons. The van der Waals surface area contributed by atoms with Crippen molar-refractivity contribution in [3.05, 3.63) is 68.8 Å². The van der Waals surface area contributed by atoms with Gasteiger partial charge < -0.3 is 0 Å². The van der Waals surface area contributed by atoms with Gasteiger partial charge in [0.05, 0.1) is 22.1 Å². The molecule has 1 aromatic heterocycles. The lowest BCUT2D eigenvalue weighted by molar-refractivity contribution is -0.0769. The lowest BCUT2D eigenvalue weighted by Crippen LogP contribution is -2.60. The number of nitrogens with zero attached hydrogens (tertiary/aromatic N) is 4. The maximum atomic E-state index is 6.66. The average Bonchev–Trinajstić information content (AvgIpc) is 3.20. The monoisotopic (exact) mass is 568 g/mol. The first-order valence-corrected chi connectivity index (χ1v) is 15.3. The highest BCUT2D eigenvalue weighted by Gasteiger charge is 2.50. The van der Waals surface area contributed by atoms with Crippen LogP contribution in [-0.4, -0.2) is 51.8 Å². The third-order valence-electron chi connectivity index (χ3n) is 9.86. The van der Waals surface area contributed by atoms with Crippen molar-refractivity contribution in [2.45, 2.75) is 51.6 Å². The van der Waals surface area contributed by atoms with Gasteiger partial charge in [0.1, 0.15) is 0 Å². The van der Waals surface area contributed by atoms with Gasteiger partial charge in [0, 0.05) is 54.4 Å². The summed E-state index contributed by atoms with van der Waals surface area (Å²) in [6.07, 6.45) is 7.51. The molecule has 4 bridgehead atoms. The highest BCUT2D eigenvalue weighted by atomic mass is 35.5. The van der Waals surface area contributed by atoms with E-state index in [4.69, 9.17) is 39.9 Å². The SMILES string of the molecule is Cc1c(CN2CCN(C3C4CC5CC(C4)CC3C5)CC2)nn(-c2ccc(Cl)cc2Cl)c1-c1ccc(Cl)cc1. The summed E-state index contributed by atoms with van der Waals surface area (Å²) in [5, 5.41) is 7.06. The lowest BCUT2D eigenvalue weighted by Gasteiger charge is -2.58. The minimum Gasteiger partial charge on any atom is -0.297 e. The minimum atomic E-state index is 0.589. The van der Waals surface area contributed by atoms with Crippen LogP contribution < -0.4 is 0 Å². The molecule has 8 rings (SSSR count). The average molecular weight is 570 g/mol. The summed E-state index contributed by atoms with van der Waals surface area (Å²) in [6.45, 7) is 7.59. The van der Waals surface area contributed by atoms with E-state index in [1.807, 2.05) is 28.9 Å². The quantitative estimate of drug-likeness (QED) is 0.314. The van der Waals surface area contributed by atoms with Gasteiger partial charge >= 0.3 is 0 Å². The van der Waals surface area contributed by atoms with E-state index in [0.29, 0.717) is 10.0 Å². The van der Waals surface area contributed by atoms with Gasteiger partial charge in [0.25, 0.3) is 0 Å². The highest BCUT2D eigenvalue weighted by molar-refractivity contribution is 6.35. The molecular formula is C31H35Cl3N4. The predicted molar refractivity (Wildman–Crippen MR) is 156 cm³/mol. The van der Waals surface area contributed by atoms with Crippen LogP contribution in [0.25, 0.3) is 16.9 Å². The molecule has 2 heterocycles. The second kappa shape index (κ2) is 10.1. The van der Waals surface area contributed by atoms with Crippen LogP contribution in [0, 0.1) is 30.6 Å². The van der Waals surface area contributed by atoms with E-state index in [2.05, 4.69) is 28.9 Å². The van der Waals surface area contributed by atoms with Crippen molar-refractivity contribution in [2.24, 2.45) is 23.7 Å². The van der Waals surface area contributed by atoms with Crippen molar-refractivity contribution in [3.63, 3.8) is 0 Å². The first-order valence-electron chi connectivity index (χ1n) is 14.2. The number of aromatic nitrogens is 2. The van der Waals surface area contributed by atoms with Crippen LogP contribution in [0.15, 0.2) is 42.5 Å². The smallest absolute Gasteiger partial charge is 0.0840 e. The number of rotatable bonds is 5. The molecule has 4 saturated carbocycles. The fourth-order valence-corrected chi connectivity index (χ4v) is 9.00. The van der Waals surface area contributed by atoms with Crippen LogP contribution >= 0.6 is 34.8 Å². The zero-order valence-electron chi connectivity index (χ0n) is 21.9. The van der Waals surface area contributed by atoms with Crippen molar-refractivity contribution in [1.29, 1.82) is 0 Å². The maximum absolute atomic E-state index is 6.66. The van der Waals surface area contributed by atoms with Gasteiger partial charge in [0.2, 0.25) is 0 Å². The summed E-state index contributed by atoms with van der Waals surface area (Å²) in [4.78, 5) is 5.45. The molecule has 0 unspecified atom stereocenters. The lowest BCUT2D eigenvalue weighted by atomic mass is 9.54. The minimum absolute atomic E-state index is 0.589. The topological polar surface area (TPSA) is 24.3 Å². The van der Waals surface area contributed by atoms with E-state index >= 15 is 0 Å². The standard InChI is InChI=1S/C31H35Cl3N4/c1-19-28(18-36-8-10-37(11-9-36)31-23-13-20-12-21(15-23)16-24(31)14-20)35-38(29-7-6-26(33)17-27(29)34)30(19)22-2-4-25(32)5-3-22/h2-7,17,20-21,23-24,31H,8-16,18H2,1H3.